The van der Waals surface area contributed by atoms with Crippen LogP contribution in [0.1, 0.15) is 42.3 Å². The molecule has 0 aliphatic carbocycles. The van der Waals surface area contributed by atoms with Crippen molar-refractivity contribution in [3.63, 3.8) is 0 Å². The van der Waals surface area contributed by atoms with Gasteiger partial charge >= 0.3 is 6.18 Å². The Kier molecular flexibility index (Phi) is 4.95. The van der Waals surface area contributed by atoms with E-state index in [1.807, 2.05) is 20.8 Å². The minimum atomic E-state index is -4.62. The van der Waals surface area contributed by atoms with Crippen molar-refractivity contribution in [2.24, 2.45) is 5.41 Å². The first-order valence-corrected chi connectivity index (χ1v) is 8.91. The number of nitrogens with one attached hydrogen (secondary N) is 1. The van der Waals surface area contributed by atoms with Gasteiger partial charge in [-0.2, -0.15) is 13.2 Å². The van der Waals surface area contributed by atoms with E-state index in [1.165, 1.54) is 12.1 Å². The van der Waals surface area contributed by atoms with E-state index in [2.05, 4.69) is 5.32 Å². The summed E-state index contributed by atoms with van der Waals surface area (Å²) in [4.78, 5) is 26.8. The fourth-order valence-electron chi connectivity index (χ4n) is 3.20. The molecule has 148 valence electrons. The molecular formula is C21H21F3N2O2. The van der Waals surface area contributed by atoms with Crippen LogP contribution in [0.3, 0.4) is 0 Å². The van der Waals surface area contributed by atoms with Gasteiger partial charge in [-0.25, -0.2) is 0 Å². The zero-order chi connectivity index (χ0) is 20.7. The number of hydrogen-bond donors (Lipinski definition) is 1. The first-order valence-electron chi connectivity index (χ1n) is 8.91. The normalized spacial score (nSPS) is 14.0. The molecule has 4 nitrogen and oxygen atoms in total. The third kappa shape index (κ3) is 3.88. The molecule has 0 saturated heterocycles. The van der Waals surface area contributed by atoms with Crippen molar-refractivity contribution in [1.29, 1.82) is 0 Å². The number of amides is 2. The largest absolute Gasteiger partial charge is 0.417 e. The molecule has 0 atom stereocenters. The highest BCUT2D eigenvalue weighted by Crippen LogP contribution is 2.35. The fraction of sp³-hybridized carbons (Fsp3) is 0.333. The molecule has 0 spiro atoms. The number of alkyl halides is 3. The predicted molar refractivity (Wildman–Crippen MR) is 101 cm³/mol. The van der Waals surface area contributed by atoms with Crippen molar-refractivity contribution >= 4 is 23.2 Å². The lowest BCUT2D eigenvalue weighted by atomic mass is 9.94. The smallest absolute Gasteiger partial charge is 0.322 e. The standard InChI is InChI=1S/C21H21F3N2O2/c1-20(2,3)19(28)26-11-10-13-8-9-14(12-17(13)26)25-18(27)15-6-4-5-7-16(15)21(22,23)24/h4-9,12H,10-11H2,1-3H3,(H,25,27). The predicted octanol–water partition coefficient (Wildman–Crippen LogP) is 4.89. The van der Waals surface area contributed by atoms with Crippen LogP contribution >= 0.6 is 0 Å². The second-order valence-electron chi connectivity index (χ2n) is 7.80. The van der Waals surface area contributed by atoms with Gasteiger partial charge < -0.3 is 10.2 Å². The van der Waals surface area contributed by atoms with Gasteiger partial charge in [-0.3, -0.25) is 9.59 Å². The highest BCUT2D eigenvalue weighted by molar-refractivity contribution is 6.06. The Bertz CT molecular complexity index is 930. The molecule has 0 aromatic heterocycles. The van der Waals surface area contributed by atoms with Crippen molar-refractivity contribution in [1.82, 2.24) is 0 Å². The van der Waals surface area contributed by atoms with E-state index in [9.17, 15) is 22.8 Å². The first kappa shape index (κ1) is 19.9. The number of carbonyl (C=O) groups excluding carboxylic acids is 2. The van der Waals surface area contributed by atoms with Crippen LogP contribution in [-0.4, -0.2) is 18.4 Å². The summed E-state index contributed by atoms with van der Waals surface area (Å²) in [7, 11) is 0. The van der Waals surface area contributed by atoms with Crippen LogP contribution in [0.15, 0.2) is 42.5 Å². The second-order valence-corrected chi connectivity index (χ2v) is 7.80. The van der Waals surface area contributed by atoms with Crippen LogP contribution in [0, 0.1) is 5.41 Å². The van der Waals surface area contributed by atoms with Crippen LogP contribution < -0.4 is 10.2 Å². The van der Waals surface area contributed by atoms with Crippen LogP contribution in [-0.2, 0) is 17.4 Å². The van der Waals surface area contributed by atoms with Crippen LogP contribution in [0.25, 0.3) is 0 Å². The minimum Gasteiger partial charge on any atom is -0.322 e. The molecule has 3 rings (SSSR count). The number of halogens is 3. The van der Waals surface area contributed by atoms with E-state index in [0.717, 1.165) is 17.7 Å². The van der Waals surface area contributed by atoms with Crippen LogP contribution in [0.5, 0.6) is 0 Å². The Balaban J connectivity index is 1.88. The molecule has 1 N–H and O–H groups in total. The lowest BCUT2D eigenvalue weighted by Crippen LogP contribution is -2.38. The van der Waals surface area contributed by atoms with E-state index >= 15 is 0 Å². The van der Waals surface area contributed by atoms with E-state index in [0.29, 0.717) is 24.3 Å². The Morgan fingerprint density at radius 2 is 1.71 bits per heavy atom. The van der Waals surface area contributed by atoms with Gasteiger partial charge in [-0.15, -0.1) is 0 Å². The summed E-state index contributed by atoms with van der Waals surface area (Å²) < 4.78 is 39.5. The number of rotatable bonds is 2. The average molecular weight is 390 g/mol. The number of carbonyl (C=O) groups is 2. The topological polar surface area (TPSA) is 49.4 Å². The Morgan fingerprint density at radius 3 is 2.36 bits per heavy atom. The first-order chi connectivity index (χ1) is 13.0. The quantitative estimate of drug-likeness (QED) is 0.794. The van der Waals surface area contributed by atoms with E-state index < -0.39 is 28.6 Å². The molecule has 0 fully saturated rings. The van der Waals surface area contributed by atoms with Gasteiger partial charge in [0.15, 0.2) is 0 Å². The molecule has 7 heteroatoms. The molecule has 0 bridgehead atoms. The summed E-state index contributed by atoms with van der Waals surface area (Å²) in [5.41, 5.74) is -0.00856. The molecule has 0 saturated carbocycles. The molecule has 1 aliphatic heterocycles. The summed E-state index contributed by atoms with van der Waals surface area (Å²) in [5, 5.41) is 2.52. The van der Waals surface area contributed by atoms with Gasteiger partial charge in [0.1, 0.15) is 0 Å². The Hall–Kier alpha value is -2.83. The number of benzene rings is 2. The summed E-state index contributed by atoms with van der Waals surface area (Å²) in [6.07, 6.45) is -3.93. The van der Waals surface area contributed by atoms with Gasteiger partial charge in [0, 0.05) is 23.3 Å². The summed E-state index contributed by atoms with van der Waals surface area (Å²) in [6, 6.07) is 9.71. The lowest BCUT2D eigenvalue weighted by molar-refractivity contribution is -0.137. The second kappa shape index (κ2) is 6.96. The lowest BCUT2D eigenvalue weighted by Gasteiger charge is -2.26. The Labute approximate surface area is 161 Å². The third-order valence-corrected chi connectivity index (χ3v) is 4.60. The summed E-state index contributed by atoms with van der Waals surface area (Å²) >= 11 is 0. The molecule has 0 radical (unpaired) electrons. The third-order valence-electron chi connectivity index (χ3n) is 4.60. The van der Waals surface area contributed by atoms with Gasteiger partial charge in [-0.1, -0.05) is 39.0 Å². The maximum atomic E-state index is 13.2. The molecule has 1 aliphatic rings. The van der Waals surface area contributed by atoms with Gasteiger partial charge in [0.2, 0.25) is 5.91 Å². The minimum absolute atomic E-state index is 0.0443. The van der Waals surface area contributed by atoms with Crippen molar-refractivity contribution in [2.45, 2.75) is 33.4 Å². The zero-order valence-electron chi connectivity index (χ0n) is 15.9. The maximum absolute atomic E-state index is 13.2. The number of nitrogens with zero attached hydrogens (tertiary/aromatic N) is 1. The van der Waals surface area contributed by atoms with Crippen LogP contribution in [0.4, 0.5) is 24.5 Å². The molecular weight excluding hydrogens is 369 g/mol. The Morgan fingerprint density at radius 1 is 1.04 bits per heavy atom. The number of anilines is 2. The molecule has 1 heterocycles. The SMILES string of the molecule is CC(C)(C)C(=O)N1CCc2ccc(NC(=O)c3ccccc3C(F)(F)F)cc21. The van der Waals surface area contributed by atoms with Crippen molar-refractivity contribution in [2.75, 3.05) is 16.8 Å². The van der Waals surface area contributed by atoms with Gasteiger partial charge in [0.05, 0.1) is 11.1 Å². The number of fused-ring (bicyclic) bond motifs is 1. The molecule has 2 aromatic carbocycles. The van der Waals surface area contributed by atoms with E-state index in [4.69, 9.17) is 0 Å². The molecule has 2 amide bonds. The maximum Gasteiger partial charge on any atom is 0.417 e. The summed E-state index contributed by atoms with van der Waals surface area (Å²) in [5.74, 6) is -0.892. The monoisotopic (exact) mass is 390 g/mol. The van der Waals surface area contributed by atoms with Crippen molar-refractivity contribution in [3.8, 4) is 0 Å². The van der Waals surface area contributed by atoms with E-state index in [-0.39, 0.29) is 5.91 Å². The van der Waals surface area contributed by atoms with Crippen molar-refractivity contribution in [3.05, 3.63) is 59.2 Å². The average Bonchev–Trinajstić information content (AvgIpc) is 3.02. The van der Waals surface area contributed by atoms with Crippen LogP contribution in [0.2, 0.25) is 0 Å². The number of hydrogen-bond acceptors (Lipinski definition) is 2. The van der Waals surface area contributed by atoms with Gasteiger partial charge in [-0.05, 0) is 36.2 Å². The van der Waals surface area contributed by atoms with E-state index in [1.54, 1.807) is 23.1 Å². The van der Waals surface area contributed by atoms with Crippen molar-refractivity contribution < 1.29 is 22.8 Å². The highest BCUT2D eigenvalue weighted by atomic mass is 19.4. The fourth-order valence-corrected chi connectivity index (χ4v) is 3.20. The molecule has 28 heavy (non-hydrogen) atoms. The zero-order valence-corrected chi connectivity index (χ0v) is 15.9. The summed E-state index contributed by atoms with van der Waals surface area (Å²) in [6.45, 7) is 6.02. The molecule has 2 aromatic rings. The van der Waals surface area contributed by atoms with Gasteiger partial charge in [0.25, 0.3) is 5.91 Å². The highest BCUT2D eigenvalue weighted by Gasteiger charge is 2.35. The molecule has 0 unspecified atom stereocenters.